The van der Waals surface area contributed by atoms with Gasteiger partial charge in [0.1, 0.15) is 5.82 Å². The summed E-state index contributed by atoms with van der Waals surface area (Å²) in [4.78, 5) is 35.9. The van der Waals surface area contributed by atoms with Gasteiger partial charge in [0.2, 0.25) is 5.91 Å². The van der Waals surface area contributed by atoms with Crippen LogP contribution in [0.4, 0.5) is 4.39 Å². The Kier molecular flexibility index (Phi) is 8.45. The lowest BCUT2D eigenvalue weighted by molar-refractivity contribution is -0.130. The number of carbonyl (C=O) groups excluding carboxylic acids is 2. The first-order valence-corrected chi connectivity index (χ1v) is 14.9. The smallest absolute Gasteiger partial charge is 0.256 e. The van der Waals surface area contributed by atoms with E-state index < -0.39 is 5.82 Å². The van der Waals surface area contributed by atoms with E-state index in [1.54, 1.807) is 24.9 Å². The molecule has 0 saturated carbocycles. The summed E-state index contributed by atoms with van der Waals surface area (Å²) in [7, 11) is 1.76. The molecule has 216 valence electrons. The molecule has 2 fully saturated rings. The van der Waals surface area contributed by atoms with Crippen LogP contribution in [0.1, 0.15) is 80.1 Å². The Labute approximate surface area is 238 Å². The van der Waals surface area contributed by atoms with Crippen molar-refractivity contribution in [3.8, 4) is 5.69 Å². The number of piperidine rings is 1. The minimum absolute atomic E-state index is 0.00587. The monoisotopic (exact) mass is 549 g/mol. The molecule has 1 aromatic carbocycles. The first-order valence-electron chi connectivity index (χ1n) is 14.9. The van der Waals surface area contributed by atoms with Crippen molar-refractivity contribution in [2.75, 3.05) is 46.3 Å². The quantitative estimate of drug-likeness (QED) is 0.501. The van der Waals surface area contributed by atoms with E-state index in [4.69, 9.17) is 0 Å². The van der Waals surface area contributed by atoms with Gasteiger partial charge >= 0.3 is 0 Å². The summed E-state index contributed by atoms with van der Waals surface area (Å²) in [5.41, 5.74) is 4.70. The van der Waals surface area contributed by atoms with Crippen LogP contribution in [0.5, 0.6) is 0 Å². The Balaban J connectivity index is 1.36. The summed E-state index contributed by atoms with van der Waals surface area (Å²) < 4.78 is 16.5. The highest BCUT2D eigenvalue weighted by Crippen LogP contribution is 2.35. The largest absolute Gasteiger partial charge is 0.343 e. The number of aliphatic imine (C=N–C) groups is 1. The standard InChI is InChI=1S/C32H44FN5O2/c1-21(2)35(5)32(40)28-15-27(33)6-7-29(28)38-20-26(31-22(3)16-34-17-30(31)38)14-25-8-11-36(19-25)18-24-9-12-37(13-10-24)23(4)39/h6-7,15,17,20-22,24-25H,8-14,16,18-19H2,1-5H3/t22?,25-/m1/s1. The first-order chi connectivity index (χ1) is 19.1. The molecule has 3 aliphatic heterocycles. The molecule has 5 rings (SSSR count). The predicted octanol–water partition coefficient (Wildman–Crippen LogP) is 4.76. The number of fused-ring (bicyclic) bond motifs is 1. The fourth-order valence-corrected chi connectivity index (χ4v) is 6.71. The average molecular weight is 550 g/mol. The number of aromatic nitrogens is 1. The molecule has 3 aliphatic rings. The van der Waals surface area contributed by atoms with Crippen molar-refractivity contribution in [1.29, 1.82) is 0 Å². The maximum atomic E-state index is 14.4. The number of rotatable bonds is 7. The van der Waals surface area contributed by atoms with Crippen LogP contribution >= 0.6 is 0 Å². The molecule has 8 heteroatoms. The number of hydrogen-bond donors (Lipinski definition) is 0. The fraction of sp³-hybridized carbons (Fsp3) is 0.594. The molecule has 2 saturated heterocycles. The molecule has 2 amide bonds. The maximum Gasteiger partial charge on any atom is 0.256 e. The Bertz CT molecular complexity index is 1280. The molecule has 4 heterocycles. The van der Waals surface area contributed by atoms with Gasteiger partial charge in [-0.1, -0.05) is 6.92 Å². The zero-order valence-electron chi connectivity index (χ0n) is 24.7. The highest BCUT2D eigenvalue weighted by Gasteiger charge is 2.31. The van der Waals surface area contributed by atoms with E-state index in [-0.39, 0.29) is 23.8 Å². The van der Waals surface area contributed by atoms with Gasteiger partial charge < -0.3 is 19.3 Å². The second kappa shape index (κ2) is 11.9. The van der Waals surface area contributed by atoms with E-state index in [1.807, 2.05) is 25.0 Å². The van der Waals surface area contributed by atoms with Crippen LogP contribution in [0.15, 0.2) is 29.4 Å². The zero-order valence-corrected chi connectivity index (χ0v) is 24.7. The molecule has 7 nitrogen and oxygen atoms in total. The normalized spacial score (nSPS) is 21.7. The Morgan fingerprint density at radius 2 is 1.85 bits per heavy atom. The zero-order chi connectivity index (χ0) is 28.6. The van der Waals surface area contributed by atoms with Gasteiger partial charge in [0.15, 0.2) is 0 Å². The van der Waals surface area contributed by atoms with Gasteiger partial charge in [-0.05, 0) is 87.2 Å². The van der Waals surface area contributed by atoms with Crippen LogP contribution in [-0.2, 0) is 11.2 Å². The van der Waals surface area contributed by atoms with Crippen molar-refractivity contribution in [1.82, 2.24) is 19.3 Å². The number of likely N-dealkylation sites (tertiary alicyclic amines) is 2. The summed E-state index contributed by atoms with van der Waals surface area (Å²) in [6.07, 6.45) is 8.46. The van der Waals surface area contributed by atoms with Gasteiger partial charge in [0, 0.05) is 71.1 Å². The number of amides is 2. The second-order valence-corrected chi connectivity index (χ2v) is 12.5. The van der Waals surface area contributed by atoms with Crippen LogP contribution in [0, 0.1) is 17.7 Å². The molecule has 0 aliphatic carbocycles. The third-order valence-corrected chi connectivity index (χ3v) is 9.25. The molecule has 0 spiro atoms. The van der Waals surface area contributed by atoms with Gasteiger partial charge in [0.05, 0.1) is 16.9 Å². The molecule has 0 N–H and O–H groups in total. The number of nitrogens with zero attached hydrogens (tertiary/aromatic N) is 5. The molecule has 2 aromatic rings. The summed E-state index contributed by atoms with van der Waals surface area (Å²) in [6, 6.07) is 4.53. The van der Waals surface area contributed by atoms with Crippen LogP contribution < -0.4 is 0 Å². The van der Waals surface area contributed by atoms with E-state index in [0.29, 0.717) is 23.1 Å². The highest BCUT2D eigenvalue weighted by atomic mass is 19.1. The van der Waals surface area contributed by atoms with Crippen molar-refractivity contribution in [3.05, 3.63) is 52.6 Å². The average Bonchev–Trinajstić information content (AvgIpc) is 3.53. The minimum atomic E-state index is -0.412. The summed E-state index contributed by atoms with van der Waals surface area (Å²) in [6.45, 7) is 13.7. The summed E-state index contributed by atoms with van der Waals surface area (Å²) in [5, 5.41) is 0. The Hall–Kier alpha value is -3.00. The van der Waals surface area contributed by atoms with Gasteiger partial charge in [0.25, 0.3) is 5.91 Å². The van der Waals surface area contributed by atoms with Crippen LogP contribution in [0.2, 0.25) is 0 Å². The van der Waals surface area contributed by atoms with E-state index in [1.165, 1.54) is 29.7 Å². The van der Waals surface area contributed by atoms with Crippen molar-refractivity contribution in [2.45, 2.75) is 65.3 Å². The molecule has 0 bridgehead atoms. The Morgan fingerprint density at radius 1 is 1.12 bits per heavy atom. The van der Waals surface area contributed by atoms with Gasteiger partial charge in [-0.15, -0.1) is 0 Å². The van der Waals surface area contributed by atoms with Crippen molar-refractivity contribution >= 4 is 18.0 Å². The molecule has 1 unspecified atom stereocenters. The molecule has 0 radical (unpaired) electrons. The van der Waals surface area contributed by atoms with Crippen LogP contribution in [-0.4, -0.2) is 89.7 Å². The molecular formula is C32H44FN5O2. The molecule has 1 aromatic heterocycles. The number of benzene rings is 1. The first kappa shape index (κ1) is 28.5. The minimum Gasteiger partial charge on any atom is -0.343 e. The van der Waals surface area contributed by atoms with E-state index >= 15 is 0 Å². The van der Waals surface area contributed by atoms with Gasteiger partial charge in [-0.2, -0.15) is 0 Å². The second-order valence-electron chi connectivity index (χ2n) is 12.5. The lowest BCUT2D eigenvalue weighted by Crippen LogP contribution is -2.40. The molecule has 2 atom stereocenters. The van der Waals surface area contributed by atoms with Crippen molar-refractivity contribution in [2.24, 2.45) is 16.8 Å². The van der Waals surface area contributed by atoms with Crippen LogP contribution in [0.3, 0.4) is 0 Å². The lowest BCUT2D eigenvalue weighted by atomic mass is 9.90. The Morgan fingerprint density at radius 3 is 2.55 bits per heavy atom. The van der Waals surface area contributed by atoms with E-state index in [2.05, 4.69) is 27.6 Å². The third-order valence-electron chi connectivity index (χ3n) is 9.25. The third kappa shape index (κ3) is 5.87. The molecular weight excluding hydrogens is 505 g/mol. The number of carbonyl (C=O) groups is 2. The summed E-state index contributed by atoms with van der Waals surface area (Å²) >= 11 is 0. The topological polar surface area (TPSA) is 61.2 Å². The van der Waals surface area contributed by atoms with Crippen molar-refractivity contribution in [3.63, 3.8) is 0 Å². The number of halogens is 1. The molecule has 40 heavy (non-hydrogen) atoms. The van der Waals surface area contributed by atoms with Gasteiger partial charge in [-0.3, -0.25) is 14.6 Å². The lowest BCUT2D eigenvalue weighted by Gasteiger charge is -2.33. The van der Waals surface area contributed by atoms with E-state index in [9.17, 15) is 14.0 Å². The van der Waals surface area contributed by atoms with Crippen LogP contribution in [0.25, 0.3) is 5.69 Å². The predicted molar refractivity (Wildman–Crippen MR) is 157 cm³/mol. The number of hydrogen-bond acceptors (Lipinski definition) is 4. The van der Waals surface area contributed by atoms with Gasteiger partial charge in [-0.25, -0.2) is 4.39 Å². The van der Waals surface area contributed by atoms with E-state index in [0.717, 1.165) is 64.2 Å². The SMILES string of the molecule is CC(=O)N1CCC(CN2CC[C@H](Cc3cn(-c4ccc(F)cc4C(=O)N(C)C(C)C)c4c3C(C)CN=C4)C2)CC1. The highest BCUT2D eigenvalue weighted by molar-refractivity contribution is 5.98. The summed E-state index contributed by atoms with van der Waals surface area (Å²) in [5.74, 6) is 1.12. The van der Waals surface area contributed by atoms with Crippen molar-refractivity contribution < 1.29 is 14.0 Å². The maximum absolute atomic E-state index is 14.4. The fourth-order valence-electron chi connectivity index (χ4n) is 6.71.